The van der Waals surface area contributed by atoms with Crippen LogP contribution in [0.2, 0.25) is 0 Å². The van der Waals surface area contributed by atoms with E-state index in [0.29, 0.717) is 5.69 Å². The van der Waals surface area contributed by atoms with Gasteiger partial charge in [0.25, 0.3) is 0 Å². The van der Waals surface area contributed by atoms with Gasteiger partial charge in [-0.15, -0.1) is 0 Å². The van der Waals surface area contributed by atoms with Crippen molar-refractivity contribution in [3.05, 3.63) is 36.4 Å². The van der Waals surface area contributed by atoms with E-state index < -0.39 is 10.0 Å². The van der Waals surface area contributed by atoms with Crippen LogP contribution in [0.5, 0.6) is 0 Å². The number of rotatable bonds is 3. The Kier molecular flexibility index (Phi) is 3.49. The van der Waals surface area contributed by atoms with Crippen molar-refractivity contribution < 1.29 is 13.2 Å². The Morgan fingerprint density at radius 2 is 1.94 bits per heavy atom. The van der Waals surface area contributed by atoms with E-state index in [0.717, 1.165) is 12.8 Å². The van der Waals surface area contributed by atoms with Gasteiger partial charge in [0, 0.05) is 11.6 Å². The molecule has 18 heavy (non-hydrogen) atoms. The van der Waals surface area contributed by atoms with E-state index in [2.05, 4.69) is 5.32 Å². The molecule has 1 aliphatic carbocycles. The van der Waals surface area contributed by atoms with Gasteiger partial charge in [0.15, 0.2) is 0 Å². The van der Waals surface area contributed by atoms with Gasteiger partial charge in [-0.2, -0.15) is 0 Å². The first kappa shape index (κ1) is 12.8. The van der Waals surface area contributed by atoms with Gasteiger partial charge in [-0.1, -0.05) is 18.2 Å². The van der Waals surface area contributed by atoms with Crippen LogP contribution in [0.25, 0.3) is 0 Å². The van der Waals surface area contributed by atoms with E-state index in [-0.39, 0.29) is 16.7 Å². The molecular weight excluding hydrogens is 252 g/mol. The van der Waals surface area contributed by atoms with E-state index in [1.807, 2.05) is 12.2 Å². The lowest BCUT2D eigenvalue weighted by Crippen LogP contribution is -2.21. The SMILES string of the molecule is NS(=O)(=O)c1cccc(NC(=O)C2CC=CC2)c1. The Morgan fingerprint density at radius 1 is 1.28 bits per heavy atom. The van der Waals surface area contributed by atoms with Gasteiger partial charge in [0.05, 0.1) is 4.90 Å². The molecule has 5 nitrogen and oxygen atoms in total. The molecule has 6 heteroatoms. The molecule has 1 aromatic rings. The zero-order valence-electron chi connectivity index (χ0n) is 9.67. The van der Waals surface area contributed by atoms with Gasteiger partial charge in [0.1, 0.15) is 0 Å². The molecule has 2 rings (SSSR count). The summed E-state index contributed by atoms with van der Waals surface area (Å²) in [5.41, 5.74) is 0.443. The zero-order valence-corrected chi connectivity index (χ0v) is 10.5. The highest BCUT2D eigenvalue weighted by Crippen LogP contribution is 2.21. The monoisotopic (exact) mass is 266 g/mol. The Morgan fingerprint density at radius 3 is 2.56 bits per heavy atom. The van der Waals surface area contributed by atoms with Crippen molar-refractivity contribution in [1.82, 2.24) is 0 Å². The second-order valence-electron chi connectivity index (χ2n) is 4.20. The van der Waals surface area contributed by atoms with Gasteiger partial charge in [-0.3, -0.25) is 4.79 Å². The molecule has 1 amide bonds. The normalized spacial score (nSPS) is 15.8. The summed E-state index contributed by atoms with van der Waals surface area (Å²) in [4.78, 5) is 11.8. The summed E-state index contributed by atoms with van der Waals surface area (Å²) >= 11 is 0. The van der Waals surface area contributed by atoms with E-state index in [1.165, 1.54) is 12.1 Å². The third-order valence-electron chi connectivity index (χ3n) is 2.81. The summed E-state index contributed by atoms with van der Waals surface area (Å²) in [7, 11) is -3.74. The number of hydrogen-bond acceptors (Lipinski definition) is 3. The molecule has 0 bridgehead atoms. The summed E-state index contributed by atoms with van der Waals surface area (Å²) < 4.78 is 22.4. The number of anilines is 1. The molecule has 0 heterocycles. The van der Waals surface area contributed by atoms with Crippen LogP contribution in [0, 0.1) is 5.92 Å². The van der Waals surface area contributed by atoms with Crippen LogP contribution in [0.3, 0.4) is 0 Å². The molecule has 3 N–H and O–H groups in total. The van der Waals surface area contributed by atoms with Crippen LogP contribution in [0.1, 0.15) is 12.8 Å². The predicted octanol–water partition coefficient (Wildman–Crippen LogP) is 1.24. The minimum absolute atomic E-state index is 0.00940. The third-order valence-corrected chi connectivity index (χ3v) is 3.72. The molecule has 0 aliphatic heterocycles. The molecule has 0 unspecified atom stereocenters. The quantitative estimate of drug-likeness (QED) is 0.806. The molecule has 0 aromatic heterocycles. The fourth-order valence-corrected chi connectivity index (χ4v) is 2.39. The number of allylic oxidation sites excluding steroid dienone is 2. The number of carbonyl (C=O) groups is 1. The first-order valence-corrected chi connectivity index (χ1v) is 7.10. The third kappa shape index (κ3) is 2.96. The fourth-order valence-electron chi connectivity index (χ4n) is 1.83. The smallest absolute Gasteiger partial charge is 0.238 e. The van der Waals surface area contributed by atoms with Crippen molar-refractivity contribution in [2.45, 2.75) is 17.7 Å². The van der Waals surface area contributed by atoms with Crippen molar-refractivity contribution in [3.8, 4) is 0 Å². The summed E-state index contributed by atoms with van der Waals surface area (Å²) in [5, 5.41) is 7.73. The molecule has 0 spiro atoms. The van der Waals surface area contributed by atoms with Gasteiger partial charge in [-0.05, 0) is 31.0 Å². The maximum absolute atomic E-state index is 11.8. The average molecular weight is 266 g/mol. The van der Waals surface area contributed by atoms with E-state index >= 15 is 0 Å². The Bertz CT molecular complexity index is 585. The molecule has 1 aliphatic rings. The number of nitrogens with one attached hydrogen (secondary N) is 1. The van der Waals surface area contributed by atoms with Crippen LogP contribution < -0.4 is 10.5 Å². The van der Waals surface area contributed by atoms with E-state index in [4.69, 9.17) is 5.14 Å². The summed E-state index contributed by atoms with van der Waals surface area (Å²) in [5.74, 6) is -0.172. The van der Waals surface area contributed by atoms with Crippen molar-refractivity contribution in [2.24, 2.45) is 11.1 Å². The first-order chi connectivity index (χ1) is 8.47. The molecule has 0 saturated heterocycles. The van der Waals surface area contributed by atoms with Gasteiger partial charge < -0.3 is 5.32 Å². The van der Waals surface area contributed by atoms with Crippen LogP contribution in [0.4, 0.5) is 5.69 Å². The molecule has 0 radical (unpaired) electrons. The molecular formula is C12H14N2O3S. The lowest BCUT2D eigenvalue weighted by molar-refractivity contribution is -0.119. The van der Waals surface area contributed by atoms with Gasteiger partial charge >= 0.3 is 0 Å². The highest BCUT2D eigenvalue weighted by molar-refractivity contribution is 7.89. The van der Waals surface area contributed by atoms with Crippen molar-refractivity contribution in [1.29, 1.82) is 0 Å². The van der Waals surface area contributed by atoms with Crippen molar-refractivity contribution in [2.75, 3.05) is 5.32 Å². The lowest BCUT2D eigenvalue weighted by atomic mass is 10.1. The van der Waals surface area contributed by atoms with E-state index in [9.17, 15) is 13.2 Å². The van der Waals surface area contributed by atoms with Crippen molar-refractivity contribution in [3.63, 3.8) is 0 Å². The largest absolute Gasteiger partial charge is 0.326 e. The minimum atomic E-state index is -3.74. The van der Waals surface area contributed by atoms with Gasteiger partial charge in [-0.25, -0.2) is 13.6 Å². The zero-order chi connectivity index (χ0) is 13.2. The first-order valence-electron chi connectivity index (χ1n) is 5.55. The predicted molar refractivity (Wildman–Crippen MR) is 68.3 cm³/mol. The number of primary sulfonamides is 1. The summed E-state index contributed by atoms with van der Waals surface area (Å²) in [6, 6.07) is 5.93. The average Bonchev–Trinajstić information content (AvgIpc) is 2.81. The van der Waals surface area contributed by atoms with E-state index in [1.54, 1.807) is 12.1 Å². The second kappa shape index (κ2) is 4.91. The molecule has 0 fully saturated rings. The summed E-state index contributed by atoms with van der Waals surface area (Å²) in [6.07, 6.45) is 5.37. The topological polar surface area (TPSA) is 89.3 Å². The minimum Gasteiger partial charge on any atom is -0.326 e. The van der Waals surface area contributed by atoms with Gasteiger partial charge in [0.2, 0.25) is 15.9 Å². The maximum Gasteiger partial charge on any atom is 0.238 e. The Hall–Kier alpha value is -1.66. The lowest BCUT2D eigenvalue weighted by Gasteiger charge is -2.11. The Labute approximate surface area is 106 Å². The van der Waals surface area contributed by atoms with Crippen LogP contribution in [0.15, 0.2) is 41.3 Å². The van der Waals surface area contributed by atoms with Crippen LogP contribution >= 0.6 is 0 Å². The fraction of sp³-hybridized carbons (Fsp3) is 0.250. The highest BCUT2D eigenvalue weighted by Gasteiger charge is 2.19. The molecule has 0 saturated carbocycles. The number of hydrogen-bond donors (Lipinski definition) is 2. The van der Waals surface area contributed by atoms with Crippen LogP contribution in [-0.2, 0) is 14.8 Å². The highest BCUT2D eigenvalue weighted by atomic mass is 32.2. The number of sulfonamides is 1. The maximum atomic E-state index is 11.8. The number of carbonyl (C=O) groups excluding carboxylic acids is 1. The number of nitrogens with two attached hydrogens (primary N) is 1. The standard InChI is InChI=1S/C12H14N2O3S/c13-18(16,17)11-7-3-6-10(8-11)14-12(15)9-4-1-2-5-9/h1-3,6-9H,4-5H2,(H,14,15)(H2,13,16,17). The summed E-state index contributed by atoms with van der Waals surface area (Å²) in [6.45, 7) is 0. The number of benzene rings is 1. The van der Waals surface area contributed by atoms with Crippen molar-refractivity contribution >= 4 is 21.6 Å². The molecule has 1 aromatic carbocycles. The molecule has 96 valence electrons. The van der Waals surface area contributed by atoms with Crippen LogP contribution in [-0.4, -0.2) is 14.3 Å². The molecule has 0 atom stereocenters. The Balaban J connectivity index is 2.12. The second-order valence-corrected chi connectivity index (χ2v) is 5.76. The number of amides is 1.